The molecule has 1 aromatic rings. The van der Waals surface area contributed by atoms with E-state index in [0.717, 1.165) is 16.7 Å². The molecular weight excluding hydrogens is 161 g/mol. The van der Waals surface area contributed by atoms with Gasteiger partial charge in [-0.3, -0.25) is 4.98 Å². The largest absolute Gasteiger partial charge is 0.265 e. The van der Waals surface area contributed by atoms with Crippen molar-refractivity contribution in [2.75, 3.05) is 0 Å². The van der Waals surface area contributed by atoms with Crippen LogP contribution >= 0.6 is 11.8 Å². The number of rotatable bonds is 3. The van der Waals surface area contributed by atoms with Gasteiger partial charge < -0.3 is 0 Å². The van der Waals surface area contributed by atoms with Crippen molar-refractivity contribution in [3.05, 3.63) is 30.0 Å². The molecule has 0 unspecified atom stereocenters. The second-order valence-electron chi connectivity index (χ2n) is 1.99. The van der Waals surface area contributed by atoms with Crippen molar-refractivity contribution in [2.45, 2.75) is 18.2 Å². The highest BCUT2D eigenvalue weighted by Crippen LogP contribution is 2.31. The summed E-state index contributed by atoms with van der Waals surface area (Å²) in [5, 5.41) is 0. The quantitative estimate of drug-likeness (QED) is 0.647. The summed E-state index contributed by atoms with van der Waals surface area (Å²) in [6.45, 7) is 1.80. The second kappa shape index (κ2) is 4.34. The topological polar surface area (TPSA) is 12.9 Å². The minimum atomic E-state index is -0.0591. The lowest BCUT2D eigenvalue weighted by atomic mass is 10.5. The Labute approximate surface area is 70.0 Å². The average molecular weight is 170 g/mol. The van der Waals surface area contributed by atoms with Crippen LogP contribution in [0.3, 0.4) is 0 Å². The highest BCUT2D eigenvalue weighted by atomic mass is 32.2. The Hall–Kier alpha value is -0.570. The number of nitrogens with zero attached hydrogens (tertiary/aromatic N) is 1. The van der Waals surface area contributed by atoms with Crippen LogP contribution in [0.25, 0.3) is 0 Å². The molecule has 0 bridgehead atoms. The van der Waals surface area contributed by atoms with E-state index in [9.17, 15) is 4.39 Å². The van der Waals surface area contributed by atoms with Gasteiger partial charge in [-0.2, -0.15) is 0 Å². The van der Waals surface area contributed by atoms with E-state index < -0.39 is 0 Å². The van der Waals surface area contributed by atoms with Crippen molar-refractivity contribution >= 4 is 11.8 Å². The number of hydrogen-bond donors (Lipinski definition) is 0. The Morgan fingerprint density at radius 1 is 1.55 bits per heavy atom. The van der Waals surface area contributed by atoms with E-state index in [1.165, 1.54) is 0 Å². The first-order chi connectivity index (χ1) is 5.33. The summed E-state index contributed by atoms with van der Waals surface area (Å²) in [7, 11) is 0. The molecule has 0 aromatic carbocycles. The van der Waals surface area contributed by atoms with Crippen LogP contribution < -0.4 is 0 Å². The Balaban J connectivity index is 2.51. The summed E-state index contributed by atoms with van der Waals surface area (Å²) < 4.78 is 12.7. The third-order valence-electron chi connectivity index (χ3n) is 1.16. The molecule has 1 nitrogen and oxygen atoms in total. The molecule has 0 saturated heterocycles. The zero-order valence-corrected chi connectivity index (χ0v) is 7.07. The van der Waals surface area contributed by atoms with Gasteiger partial charge in [0.05, 0.1) is 0 Å². The maximum Gasteiger partial charge on any atom is 0.203 e. The van der Waals surface area contributed by atoms with Gasteiger partial charge in [0.15, 0.2) is 0 Å². The lowest BCUT2D eigenvalue weighted by Crippen LogP contribution is -1.79. The van der Waals surface area contributed by atoms with Crippen molar-refractivity contribution < 1.29 is 4.39 Å². The molecule has 0 atom stereocenters. The first kappa shape index (κ1) is 8.53. The normalized spacial score (nSPS) is 10.5. The molecule has 59 valence electrons. The van der Waals surface area contributed by atoms with E-state index in [2.05, 4.69) is 4.98 Å². The monoisotopic (exact) mass is 170 g/mol. The van der Waals surface area contributed by atoms with Crippen molar-refractivity contribution in [1.82, 2.24) is 4.98 Å². The summed E-state index contributed by atoms with van der Waals surface area (Å²) >= 11 is 1.15. The molecule has 1 radical (unpaired) electrons. The lowest BCUT2D eigenvalue weighted by molar-refractivity contribution is 0.561. The molecule has 0 aliphatic rings. The molecule has 3 heteroatoms. The van der Waals surface area contributed by atoms with Gasteiger partial charge in [0.25, 0.3) is 0 Å². The zero-order valence-electron chi connectivity index (χ0n) is 6.25. The summed E-state index contributed by atoms with van der Waals surface area (Å²) in [5.74, 6) is 0. The summed E-state index contributed by atoms with van der Waals surface area (Å²) in [6.07, 6.45) is 3.78. The van der Waals surface area contributed by atoms with Crippen molar-refractivity contribution in [2.24, 2.45) is 0 Å². The number of aromatic nitrogens is 1. The number of halogens is 1. The van der Waals surface area contributed by atoms with Crippen LogP contribution in [0, 0.1) is 5.50 Å². The fraction of sp³-hybridized carbons (Fsp3) is 0.250. The fourth-order valence-corrected chi connectivity index (χ4v) is 1.26. The fourth-order valence-electron chi connectivity index (χ4n) is 0.606. The Bertz CT molecular complexity index is 203. The molecule has 0 spiro atoms. The number of thioether (sulfide) groups is 1. The molecule has 0 amide bonds. The highest BCUT2D eigenvalue weighted by Gasteiger charge is 2.05. The van der Waals surface area contributed by atoms with Crippen molar-refractivity contribution in [1.29, 1.82) is 0 Å². The van der Waals surface area contributed by atoms with Crippen LogP contribution in [0.15, 0.2) is 29.4 Å². The third kappa shape index (κ3) is 2.89. The van der Waals surface area contributed by atoms with Gasteiger partial charge in [-0.25, -0.2) is 4.39 Å². The average Bonchev–Trinajstić information content (AvgIpc) is 2.06. The van der Waals surface area contributed by atoms with Gasteiger partial charge in [-0.15, -0.1) is 0 Å². The highest BCUT2D eigenvalue weighted by molar-refractivity contribution is 8.01. The maximum atomic E-state index is 12.7. The molecule has 0 N–H and O–H groups in total. The Morgan fingerprint density at radius 2 is 2.18 bits per heavy atom. The standard InChI is InChI=1S/C8H9FNS/c1-2-8(9)11-7-3-5-10-6-4-7/h3-6H,2H2,1H3. The van der Waals surface area contributed by atoms with Crippen molar-refractivity contribution in [3.8, 4) is 0 Å². The lowest BCUT2D eigenvalue weighted by Gasteiger charge is -2.01. The number of hydrogen-bond acceptors (Lipinski definition) is 2. The van der Waals surface area contributed by atoms with Gasteiger partial charge in [-0.1, -0.05) is 18.7 Å². The van der Waals surface area contributed by atoms with Crippen LogP contribution in [0.2, 0.25) is 0 Å². The first-order valence-corrected chi connectivity index (χ1v) is 4.23. The molecule has 1 aromatic heterocycles. The van der Waals surface area contributed by atoms with Crippen LogP contribution in [0.5, 0.6) is 0 Å². The van der Waals surface area contributed by atoms with E-state index in [-0.39, 0.29) is 5.50 Å². The second-order valence-corrected chi connectivity index (χ2v) is 3.11. The minimum Gasteiger partial charge on any atom is -0.265 e. The molecule has 0 aliphatic heterocycles. The number of pyridine rings is 1. The molecule has 0 aliphatic carbocycles. The van der Waals surface area contributed by atoms with Gasteiger partial charge in [0.2, 0.25) is 5.50 Å². The van der Waals surface area contributed by atoms with Crippen LogP contribution in [0.1, 0.15) is 13.3 Å². The Morgan fingerprint density at radius 3 is 2.73 bits per heavy atom. The van der Waals surface area contributed by atoms with E-state index in [4.69, 9.17) is 0 Å². The predicted molar refractivity (Wildman–Crippen MR) is 44.7 cm³/mol. The van der Waals surface area contributed by atoms with Gasteiger partial charge in [-0.05, 0) is 18.6 Å². The first-order valence-electron chi connectivity index (χ1n) is 3.42. The predicted octanol–water partition coefficient (Wildman–Crippen LogP) is 3.04. The molecule has 0 saturated carbocycles. The smallest absolute Gasteiger partial charge is 0.203 e. The zero-order chi connectivity index (χ0) is 8.10. The summed E-state index contributed by atoms with van der Waals surface area (Å²) in [4.78, 5) is 4.74. The van der Waals surface area contributed by atoms with E-state index in [0.29, 0.717) is 6.42 Å². The maximum absolute atomic E-state index is 12.7. The van der Waals surface area contributed by atoms with Gasteiger partial charge in [0, 0.05) is 17.3 Å². The van der Waals surface area contributed by atoms with Crippen LogP contribution in [0.4, 0.5) is 4.39 Å². The summed E-state index contributed by atoms with van der Waals surface area (Å²) in [6, 6.07) is 3.58. The molecular formula is C8H9FNS. The van der Waals surface area contributed by atoms with E-state index in [1.807, 2.05) is 0 Å². The molecule has 1 heterocycles. The SMILES string of the molecule is CC[C](F)Sc1ccncc1. The van der Waals surface area contributed by atoms with Crippen LogP contribution in [-0.4, -0.2) is 4.98 Å². The summed E-state index contributed by atoms with van der Waals surface area (Å²) in [5.41, 5.74) is -0.0591. The molecule has 0 fully saturated rings. The van der Waals surface area contributed by atoms with E-state index in [1.54, 1.807) is 31.5 Å². The minimum absolute atomic E-state index is 0.0591. The van der Waals surface area contributed by atoms with Gasteiger partial charge in [0.1, 0.15) is 0 Å². The third-order valence-corrected chi connectivity index (χ3v) is 2.17. The Kier molecular flexibility index (Phi) is 3.36. The van der Waals surface area contributed by atoms with E-state index >= 15 is 0 Å². The van der Waals surface area contributed by atoms with Crippen molar-refractivity contribution in [3.63, 3.8) is 0 Å². The van der Waals surface area contributed by atoms with Gasteiger partial charge >= 0.3 is 0 Å². The molecule has 11 heavy (non-hydrogen) atoms. The molecule has 1 rings (SSSR count). The van der Waals surface area contributed by atoms with Crippen LogP contribution in [-0.2, 0) is 0 Å².